The van der Waals surface area contributed by atoms with Crippen molar-refractivity contribution in [3.63, 3.8) is 0 Å². The lowest BCUT2D eigenvalue weighted by Crippen LogP contribution is -2.21. The Morgan fingerprint density at radius 3 is 2.56 bits per heavy atom. The van der Waals surface area contributed by atoms with Crippen LogP contribution in [-0.4, -0.2) is 31.2 Å². The number of benzene rings is 2. The first kappa shape index (κ1) is 24.6. The number of rotatable bonds is 9. The summed E-state index contributed by atoms with van der Waals surface area (Å²) in [6.07, 6.45) is 0.207. The Bertz CT molecular complexity index is 1270. The van der Waals surface area contributed by atoms with Crippen LogP contribution in [0.5, 0.6) is 0 Å². The molecule has 2 atom stereocenters. The SMILES string of the molecule is CCOC(=O)C1CC1c1ncc(N(CC2CC2)c2ccc(C(F)(F)F)c3ccccc23)cc1COC. The number of hydrogen-bond donors (Lipinski definition) is 0. The number of ether oxygens (including phenoxy) is 2. The molecule has 0 saturated heterocycles. The average Bonchev–Trinajstić information content (AvgIpc) is 3.77. The summed E-state index contributed by atoms with van der Waals surface area (Å²) in [5.41, 5.74) is 2.59. The standard InChI is InChI=1S/C28H29F3N2O3/c1-3-36-27(34)23-13-22(23)26-18(16-35-2)12-19(14-32-26)33(15-17-8-9-17)25-11-10-24(28(29,30)31)20-6-4-5-7-21(20)25/h4-7,10-12,14,17,22-23H,3,8-9,13,15-16H2,1-2H3. The van der Waals surface area contributed by atoms with E-state index >= 15 is 0 Å². The molecule has 8 heteroatoms. The number of carbonyl (C=O) groups excluding carboxylic acids is 1. The molecule has 0 aliphatic heterocycles. The van der Waals surface area contributed by atoms with Crippen molar-refractivity contribution in [1.29, 1.82) is 0 Å². The average molecular weight is 499 g/mol. The van der Waals surface area contributed by atoms with Crippen molar-refractivity contribution in [1.82, 2.24) is 4.98 Å². The Balaban J connectivity index is 1.55. The molecule has 0 bridgehead atoms. The van der Waals surface area contributed by atoms with E-state index in [1.165, 1.54) is 12.1 Å². The molecular formula is C28H29F3N2O3. The summed E-state index contributed by atoms with van der Waals surface area (Å²) in [5.74, 6) is 0.0731. The molecule has 1 heterocycles. The smallest absolute Gasteiger partial charge is 0.417 e. The van der Waals surface area contributed by atoms with Crippen LogP contribution in [0.2, 0.25) is 0 Å². The van der Waals surface area contributed by atoms with Gasteiger partial charge in [-0.15, -0.1) is 0 Å². The molecule has 5 rings (SSSR count). The highest BCUT2D eigenvalue weighted by Crippen LogP contribution is 2.49. The third-order valence-corrected chi connectivity index (χ3v) is 6.96. The van der Waals surface area contributed by atoms with Crippen molar-refractivity contribution in [2.75, 3.05) is 25.2 Å². The van der Waals surface area contributed by atoms with Gasteiger partial charge in [-0.25, -0.2) is 0 Å². The molecular weight excluding hydrogens is 469 g/mol. The monoisotopic (exact) mass is 498 g/mol. The number of pyridine rings is 1. The maximum atomic E-state index is 13.7. The number of anilines is 2. The van der Waals surface area contributed by atoms with Gasteiger partial charge in [0.05, 0.1) is 36.6 Å². The molecule has 0 amide bonds. The normalized spacial score (nSPS) is 19.4. The summed E-state index contributed by atoms with van der Waals surface area (Å²) in [7, 11) is 1.61. The third-order valence-electron chi connectivity index (χ3n) is 6.96. The van der Waals surface area contributed by atoms with Gasteiger partial charge in [-0.1, -0.05) is 24.3 Å². The predicted molar refractivity (Wildman–Crippen MR) is 131 cm³/mol. The lowest BCUT2D eigenvalue weighted by molar-refractivity contribution is -0.144. The van der Waals surface area contributed by atoms with Crippen LogP contribution in [-0.2, 0) is 27.1 Å². The van der Waals surface area contributed by atoms with Crippen molar-refractivity contribution in [2.24, 2.45) is 11.8 Å². The van der Waals surface area contributed by atoms with E-state index in [0.29, 0.717) is 37.5 Å². The summed E-state index contributed by atoms with van der Waals surface area (Å²) in [6, 6.07) is 11.4. The molecule has 5 nitrogen and oxygen atoms in total. The summed E-state index contributed by atoms with van der Waals surface area (Å²) < 4.78 is 51.8. The highest BCUT2D eigenvalue weighted by Gasteiger charge is 2.47. The molecule has 2 unspecified atom stereocenters. The fraction of sp³-hybridized carbons (Fsp3) is 0.429. The summed E-state index contributed by atoms with van der Waals surface area (Å²) >= 11 is 0. The maximum absolute atomic E-state index is 13.7. The van der Waals surface area contributed by atoms with Crippen LogP contribution in [0.25, 0.3) is 10.8 Å². The van der Waals surface area contributed by atoms with Crippen molar-refractivity contribution < 1.29 is 27.4 Å². The number of esters is 1. The molecule has 0 spiro atoms. The fourth-order valence-corrected chi connectivity index (χ4v) is 4.94. The lowest BCUT2D eigenvalue weighted by atomic mass is 10.0. The van der Waals surface area contributed by atoms with Crippen LogP contribution in [0, 0.1) is 11.8 Å². The minimum Gasteiger partial charge on any atom is -0.466 e. The number of nitrogens with zero attached hydrogens (tertiary/aromatic N) is 2. The highest BCUT2D eigenvalue weighted by molar-refractivity contribution is 5.98. The number of fused-ring (bicyclic) bond motifs is 1. The van der Waals surface area contributed by atoms with Gasteiger partial charge in [0.25, 0.3) is 0 Å². The summed E-state index contributed by atoms with van der Waals surface area (Å²) in [6.45, 7) is 3.15. The molecule has 190 valence electrons. The zero-order valence-electron chi connectivity index (χ0n) is 20.3. The molecule has 2 aliphatic rings. The number of hydrogen-bond acceptors (Lipinski definition) is 5. The van der Waals surface area contributed by atoms with E-state index in [4.69, 9.17) is 14.5 Å². The van der Waals surface area contributed by atoms with E-state index in [2.05, 4.69) is 4.90 Å². The largest absolute Gasteiger partial charge is 0.466 e. The van der Waals surface area contributed by atoms with Crippen LogP contribution < -0.4 is 4.90 Å². The Morgan fingerprint density at radius 2 is 1.89 bits per heavy atom. The van der Waals surface area contributed by atoms with Crippen LogP contribution in [0.15, 0.2) is 48.7 Å². The van der Waals surface area contributed by atoms with Crippen molar-refractivity contribution in [3.8, 4) is 0 Å². The van der Waals surface area contributed by atoms with E-state index in [9.17, 15) is 18.0 Å². The third kappa shape index (κ3) is 4.91. The first-order chi connectivity index (χ1) is 17.3. The second-order valence-corrected chi connectivity index (χ2v) is 9.60. The summed E-state index contributed by atoms with van der Waals surface area (Å²) in [5, 5.41) is 0.732. The van der Waals surface area contributed by atoms with E-state index in [1.807, 2.05) is 6.07 Å². The van der Waals surface area contributed by atoms with E-state index in [1.54, 1.807) is 44.5 Å². The highest BCUT2D eigenvalue weighted by atomic mass is 19.4. The number of aromatic nitrogens is 1. The molecule has 36 heavy (non-hydrogen) atoms. The van der Waals surface area contributed by atoms with Gasteiger partial charge >= 0.3 is 12.1 Å². The van der Waals surface area contributed by atoms with Gasteiger partial charge in [-0.3, -0.25) is 9.78 Å². The molecule has 2 aromatic carbocycles. The second-order valence-electron chi connectivity index (χ2n) is 9.60. The van der Waals surface area contributed by atoms with Gasteiger partial charge in [-0.05, 0) is 55.7 Å². The predicted octanol–water partition coefficient (Wildman–Crippen LogP) is 6.61. The molecule has 0 radical (unpaired) electrons. The van der Waals surface area contributed by atoms with Crippen LogP contribution in [0.4, 0.5) is 24.5 Å². The first-order valence-electron chi connectivity index (χ1n) is 12.3. The van der Waals surface area contributed by atoms with Gasteiger partial charge in [0, 0.05) is 41.9 Å². The fourth-order valence-electron chi connectivity index (χ4n) is 4.94. The lowest BCUT2D eigenvalue weighted by Gasteiger charge is -2.28. The van der Waals surface area contributed by atoms with Gasteiger partial charge in [0.2, 0.25) is 0 Å². The van der Waals surface area contributed by atoms with E-state index in [0.717, 1.165) is 35.5 Å². The van der Waals surface area contributed by atoms with Gasteiger partial charge in [-0.2, -0.15) is 13.2 Å². The van der Waals surface area contributed by atoms with Crippen molar-refractivity contribution in [2.45, 2.75) is 44.9 Å². The molecule has 2 fully saturated rings. The zero-order chi connectivity index (χ0) is 25.4. The van der Waals surface area contributed by atoms with Gasteiger partial charge < -0.3 is 14.4 Å². The first-order valence-corrected chi connectivity index (χ1v) is 12.3. The van der Waals surface area contributed by atoms with Gasteiger partial charge in [0.15, 0.2) is 0 Å². The number of halogens is 3. The molecule has 2 aliphatic carbocycles. The molecule has 3 aromatic rings. The molecule has 2 saturated carbocycles. The number of carbonyl (C=O) groups is 1. The minimum atomic E-state index is -4.44. The quantitative estimate of drug-likeness (QED) is 0.311. The zero-order valence-corrected chi connectivity index (χ0v) is 20.3. The van der Waals surface area contributed by atoms with Crippen molar-refractivity contribution >= 4 is 28.1 Å². The maximum Gasteiger partial charge on any atom is 0.417 e. The number of methoxy groups -OCH3 is 1. The van der Waals surface area contributed by atoms with Gasteiger partial charge in [0.1, 0.15) is 0 Å². The van der Waals surface area contributed by atoms with E-state index in [-0.39, 0.29) is 23.2 Å². The van der Waals surface area contributed by atoms with Crippen LogP contribution >= 0.6 is 0 Å². The van der Waals surface area contributed by atoms with Crippen LogP contribution in [0.3, 0.4) is 0 Å². The Kier molecular flexibility index (Phi) is 6.64. The molecule has 1 aromatic heterocycles. The molecule has 0 N–H and O–H groups in total. The Labute approximate surface area is 208 Å². The van der Waals surface area contributed by atoms with Crippen LogP contribution in [0.1, 0.15) is 48.9 Å². The second kappa shape index (κ2) is 9.73. The van der Waals surface area contributed by atoms with Crippen molar-refractivity contribution in [3.05, 3.63) is 65.5 Å². The number of alkyl halides is 3. The van der Waals surface area contributed by atoms with E-state index < -0.39 is 11.7 Å². The Hall–Kier alpha value is -3.13. The Morgan fingerprint density at radius 1 is 1.14 bits per heavy atom. The topological polar surface area (TPSA) is 51.7 Å². The summed E-state index contributed by atoms with van der Waals surface area (Å²) in [4.78, 5) is 19.0. The minimum absolute atomic E-state index is 0.00738.